The van der Waals surface area contributed by atoms with Gasteiger partial charge in [0.15, 0.2) is 0 Å². The number of rotatable bonds is 2. The molecule has 0 bridgehead atoms. The van der Waals surface area contributed by atoms with Gasteiger partial charge in [-0.1, -0.05) is 11.6 Å². The third kappa shape index (κ3) is 2.46. The van der Waals surface area contributed by atoms with Crippen LogP contribution in [0.25, 0.3) is 0 Å². The van der Waals surface area contributed by atoms with Gasteiger partial charge in [0, 0.05) is 0 Å². The van der Waals surface area contributed by atoms with Crippen LogP contribution in [0.4, 0.5) is 5.69 Å². The highest BCUT2D eigenvalue weighted by Crippen LogP contribution is 2.21. The monoisotopic (exact) mass is 211 g/mol. The molecule has 0 spiro atoms. The lowest BCUT2D eigenvalue weighted by molar-refractivity contribution is 0.108. The van der Waals surface area contributed by atoms with Crippen LogP contribution in [0.5, 0.6) is 0 Å². The normalized spacial score (nSPS) is 9.08. The Kier molecular flexibility index (Phi) is 3.32. The summed E-state index contributed by atoms with van der Waals surface area (Å²) in [7, 11) is 0. The number of carbonyl (C=O) groups is 1. The number of thiocarbonyl (C=S) groups is 1. The highest BCUT2D eigenvalue weighted by atomic mass is 35.5. The van der Waals surface area contributed by atoms with Crippen molar-refractivity contribution in [2.24, 2.45) is 4.99 Å². The van der Waals surface area contributed by atoms with E-state index in [-0.39, 0.29) is 0 Å². The van der Waals surface area contributed by atoms with E-state index in [1.54, 1.807) is 12.1 Å². The Morgan fingerprint density at radius 3 is 2.85 bits per heavy atom. The minimum absolute atomic E-state index is 0.360. The average Bonchev–Trinajstić information content (AvgIpc) is 2.08. The number of carbonyl (C=O) groups excluding carboxylic acids is 1. The first-order chi connectivity index (χ1) is 6.15. The number of nitrogens with zero attached hydrogens (tertiary/aromatic N) is 1. The molecule has 0 aliphatic heterocycles. The zero-order valence-corrected chi connectivity index (χ0v) is 8.45. The Hall–Kier alpha value is -1.02. The molecule has 13 heavy (non-hydrogen) atoms. The van der Waals surface area contributed by atoms with Gasteiger partial charge in [0.05, 0.1) is 16.4 Å². The molecule has 1 aromatic rings. The van der Waals surface area contributed by atoms with Crippen molar-refractivity contribution < 1.29 is 4.79 Å². The van der Waals surface area contributed by atoms with E-state index >= 15 is 0 Å². The van der Waals surface area contributed by atoms with Crippen molar-refractivity contribution in [1.82, 2.24) is 0 Å². The molecule has 0 unspecified atom stereocenters. The van der Waals surface area contributed by atoms with Crippen molar-refractivity contribution in [3.8, 4) is 0 Å². The Labute approximate surface area is 86.2 Å². The summed E-state index contributed by atoms with van der Waals surface area (Å²) in [6, 6.07) is 5.18. The van der Waals surface area contributed by atoms with Gasteiger partial charge in [-0.3, -0.25) is 4.79 Å². The van der Waals surface area contributed by atoms with Gasteiger partial charge in [-0.05, 0) is 42.9 Å². The number of aliphatic imine (C=N–C) groups is 1. The van der Waals surface area contributed by atoms with Gasteiger partial charge in [0.25, 0.3) is 5.24 Å². The van der Waals surface area contributed by atoms with E-state index in [0.29, 0.717) is 11.3 Å². The second-order valence-corrected chi connectivity index (χ2v) is 3.02. The summed E-state index contributed by atoms with van der Waals surface area (Å²) in [6.07, 6.45) is 0. The van der Waals surface area contributed by atoms with Crippen LogP contribution in [-0.2, 0) is 0 Å². The molecule has 0 heterocycles. The molecule has 0 saturated carbocycles. The standard InChI is InChI=1S/C9H6ClNOS/c1-6-2-3-8(11-5-13)7(4-6)9(10)12/h2-4H,1H3. The van der Waals surface area contributed by atoms with Crippen LogP contribution in [-0.4, -0.2) is 10.4 Å². The summed E-state index contributed by atoms with van der Waals surface area (Å²) in [5, 5.41) is 1.66. The van der Waals surface area contributed by atoms with Crippen molar-refractivity contribution in [3.63, 3.8) is 0 Å². The largest absolute Gasteiger partial charge is 0.276 e. The minimum Gasteiger partial charge on any atom is -0.276 e. The summed E-state index contributed by atoms with van der Waals surface area (Å²) in [6.45, 7) is 1.87. The Morgan fingerprint density at radius 1 is 1.62 bits per heavy atom. The number of halogens is 1. The van der Waals surface area contributed by atoms with E-state index in [0.717, 1.165) is 5.56 Å². The smallest absolute Gasteiger partial charge is 0.254 e. The van der Waals surface area contributed by atoms with Crippen LogP contribution in [0, 0.1) is 6.92 Å². The number of isothiocyanates is 1. The molecular weight excluding hydrogens is 206 g/mol. The summed E-state index contributed by atoms with van der Waals surface area (Å²) in [5.41, 5.74) is 1.77. The fourth-order valence-electron chi connectivity index (χ4n) is 0.954. The van der Waals surface area contributed by atoms with E-state index in [4.69, 9.17) is 11.6 Å². The van der Waals surface area contributed by atoms with Gasteiger partial charge in [-0.25, -0.2) is 0 Å². The first-order valence-corrected chi connectivity index (χ1v) is 4.32. The molecule has 1 aromatic carbocycles. The molecule has 1 rings (SSSR count). The van der Waals surface area contributed by atoms with E-state index in [9.17, 15) is 4.79 Å². The third-order valence-electron chi connectivity index (χ3n) is 1.53. The van der Waals surface area contributed by atoms with E-state index in [1.165, 1.54) is 0 Å². The molecule has 0 atom stereocenters. The molecule has 0 aliphatic rings. The van der Waals surface area contributed by atoms with Crippen LogP contribution >= 0.6 is 23.8 Å². The first-order valence-electron chi connectivity index (χ1n) is 3.53. The highest BCUT2D eigenvalue weighted by Gasteiger charge is 2.07. The molecule has 0 fully saturated rings. The van der Waals surface area contributed by atoms with Gasteiger partial charge in [0.1, 0.15) is 0 Å². The van der Waals surface area contributed by atoms with E-state index in [1.807, 2.05) is 13.0 Å². The van der Waals surface area contributed by atoms with Crippen molar-refractivity contribution in [2.45, 2.75) is 6.92 Å². The molecule has 66 valence electrons. The maximum atomic E-state index is 10.9. The molecule has 0 radical (unpaired) electrons. The average molecular weight is 212 g/mol. The van der Waals surface area contributed by atoms with Gasteiger partial charge < -0.3 is 0 Å². The molecule has 0 aromatic heterocycles. The SMILES string of the molecule is Cc1ccc(N=C=S)c(C(=O)Cl)c1. The quantitative estimate of drug-likeness (QED) is 0.427. The number of benzene rings is 1. The lowest BCUT2D eigenvalue weighted by Gasteiger charge is -1.99. The van der Waals surface area contributed by atoms with Crippen LogP contribution < -0.4 is 0 Å². The third-order valence-corrected chi connectivity index (χ3v) is 1.82. The maximum absolute atomic E-state index is 10.9. The van der Waals surface area contributed by atoms with Crippen LogP contribution in [0.3, 0.4) is 0 Å². The molecule has 4 heteroatoms. The predicted molar refractivity (Wildman–Crippen MR) is 56.0 cm³/mol. The predicted octanol–water partition coefficient (Wildman–Crippen LogP) is 3.11. The second kappa shape index (κ2) is 4.28. The number of hydrogen-bond acceptors (Lipinski definition) is 3. The Morgan fingerprint density at radius 2 is 2.31 bits per heavy atom. The van der Waals surface area contributed by atoms with Crippen LogP contribution in [0.15, 0.2) is 23.2 Å². The molecule has 0 N–H and O–H groups in total. The second-order valence-electron chi connectivity index (χ2n) is 2.50. The van der Waals surface area contributed by atoms with Crippen molar-refractivity contribution >= 4 is 39.9 Å². The molecule has 0 saturated heterocycles. The molecule has 2 nitrogen and oxygen atoms in total. The van der Waals surface area contributed by atoms with E-state index < -0.39 is 5.24 Å². The topological polar surface area (TPSA) is 29.4 Å². The zero-order valence-electron chi connectivity index (χ0n) is 6.87. The Bertz CT molecular complexity index is 397. The maximum Gasteiger partial charge on any atom is 0.254 e. The fraction of sp³-hybridized carbons (Fsp3) is 0.111. The first kappa shape index (κ1) is 10.1. The Balaban J connectivity index is 3.34. The number of aryl methyl sites for hydroxylation is 1. The summed E-state index contributed by atoms with van der Waals surface area (Å²) in [5.74, 6) is 0. The lowest BCUT2D eigenvalue weighted by atomic mass is 10.1. The molecule has 0 amide bonds. The zero-order chi connectivity index (χ0) is 9.84. The minimum atomic E-state index is -0.535. The van der Waals surface area contributed by atoms with Crippen LogP contribution in [0.1, 0.15) is 15.9 Å². The lowest BCUT2D eigenvalue weighted by Crippen LogP contribution is -1.90. The van der Waals surface area contributed by atoms with Gasteiger partial charge in [-0.15, -0.1) is 0 Å². The van der Waals surface area contributed by atoms with Crippen molar-refractivity contribution in [3.05, 3.63) is 29.3 Å². The highest BCUT2D eigenvalue weighted by molar-refractivity contribution is 7.78. The van der Waals surface area contributed by atoms with Crippen molar-refractivity contribution in [2.75, 3.05) is 0 Å². The summed E-state index contributed by atoms with van der Waals surface area (Å²) >= 11 is 9.80. The fourth-order valence-corrected chi connectivity index (χ4v) is 1.20. The van der Waals surface area contributed by atoms with Crippen LogP contribution in [0.2, 0.25) is 0 Å². The van der Waals surface area contributed by atoms with Crippen molar-refractivity contribution in [1.29, 1.82) is 0 Å². The van der Waals surface area contributed by atoms with Gasteiger partial charge in [-0.2, -0.15) is 4.99 Å². The molecular formula is C9H6ClNOS. The van der Waals surface area contributed by atoms with Gasteiger partial charge in [0.2, 0.25) is 0 Å². The summed E-state index contributed by atoms with van der Waals surface area (Å²) in [4.78, 5) is 14.7. The number of hydrogen-bond donors (Lipinski definition) is 0. The summed E-state index contributed by atoms with van der Waals surface area (Å²) < 4.78 is 0. The van der Waals surface area contributed by atoms with E-state index in [2.05, 4.69) is 22.4 Å². The van der Waals surface area contributed by atoms with Gasteiger partial charge >= 0.3 is 0 Å². The molecule has 0 aliphatic carbocycles.